The molecule has 1 aliphatic rings. The minimum Gasteiger partial charge on any atom is -0.459 e. The molecule has 5 nitrogen and oxygen atoms in total. The van der Waals surface area contributed by atoms with Crippen molar-refractivity contribution in [2.24, 2.45) is 0 Å². The van der Waals surface area contributed by atoms with E-state index in [1.807, 2.05) is 25.1 Å². The lowest BCUT2D eigenvalue weighted by molar-refractivity contribution is 0.0995. The third kappa shape index (κ3) is 4.38. The summed E-state index contributed by atoms with van der Waals surface area (Å²) in [5.41, 5.74) is 3.14. The first-order valence-electron chi connectivity index (χ1n) is 11.5. The number of aryl methyl sites for hydroxylation is 1. The largest absolute Gasteiger partial charge is 0.459 e. The SMILES string of the molecule is Cc1ccc(-c2nc(-c3ccc(F)cc3)c(NC(=O)c3ccco3)n2C2CCCCC2)cc1Cl. The molecule has 5 rings (SSSR count). The summed E-state index contributed by atoms with van der Waals surface area (Å²) in [5.74, 6) is 0.817. The molecule has 0 bridgehead atoms. The average Bonchev–Trinajstić information content (AvgIpc) is 3.51. The van der Waals surface area contributed by atoms with Crippen molar-refractivity contribution < 1.29 is 13.6 Å². The fraction of sp³-hybridized carbons (Fsp3) is 0.259. The number of anilines is 1. The van der Waals surface area contributed by atoms with Gasteiger partial charge in [0.1, 0.15) is 23.2 Å². The van der Waals surface area contributed by atoms with Gasteiger partial charge in [0.2, 0.25) is 0 Å². The van der Waals surface area contributed by atoms with E-state index in [1.54, 1.807) is 24.3 Å². The average molecular weight is 478 g/mol. The van der Waals surface area contributed by atoms with Crippen molar-refractivity contribution in [3.8, 4) is 22.6 Å². The van der Waals surface area contributed by atoms with Crippen molar-refractivity contribution in [1.29, 1.82) is 0 Å². The summed E-state index contributed by atoms with van der Waals surface area (Å²) in [5, 5.41) is 3.70. The highest BCUT2D eigenvalue weighted by Crippen LogP contribution is 2.41. The maximum absolute atomic E-state index is 13.7. The number of benzene rings is 2. The number of amides is 1. The van der Waals surface area contributed by atoms with Crippen LogP contribution in [-0.2, 0) is 0 Å². The molecule has 1 N–H and O–H groups in total. The first kappa shape index (κ1) is 22.4. The fourth-order valence-electron chi connectivity index (χ4n) is 4.57. The summed E-state index contributed by atoms with van der Waals surface area (Å²) in [6.07, 6.45) is 6.83. The Bertz CT molecular complexity index is 1310. The zero-order chi connectivity index (χ0) is 23.7. The number of aromatic nitrogens is 2. The summed E-state index contributed by atoms with van der Waals surface area (Å²) in [6.45, 7) is 1.96. The van der Waals surface area contributed by atoms with Gasteiger partial charge in [0.15, 0.2) is 5.76 Å². The monoisotopic (exact) mass is 477 g/mol. The molecule has 2 aromatic carbocycles. The Hall–Kier alpha value is -3.38. The molecule has 34 heavy (non-hydrogen) atoms. The van der Waals surface area contributed by atoms with E-state index >= 15 is 0 Å². The second-order valence-electron chi connectivity index (χ2n) is 8.70. The van der Waals surface area contributed by atoms with E-state index in [2.05, 4.69) is 9.88 Å². The fourth-order valence-corrected chi connectivity index (χ4v) is 4.75. The normalized spacial score (nSPS) is 14.3. The maximum Gasteiger partial charge on any atom is 0.292 e. The molecule has 0 aliphatic heterocycles. The van der Waals surface area contributed by atoms with Gasteiger partial charge in [-0.05, 0) is 67.8 Å². The van der Waals surface area contributed by atoms with Crippen LogP contribution in [-0.4, -0.2) is 15.5 Å². The van der Waals surface area contributed by atoms with Crippen molar-refractivity contribution in [3.05, 3.63) is 83.0 Å². The van der Waals surface area contributed by atoms with Crippen LogP contribution in [0.1, 0.15) is 54.3 Å². The summed E-state index contributed by atoms with van der Waals surface area (Å²) in [4.78, 5) is 18.1. The number of carbonyl (C=O) groups excluding carboxylic acids is 1. The smallest absolute Gasteiger partial charge is 0.292 e. The van der Waals surface area contributed by atoms with E-state index in [9.17, 15) is 9.18 Å². The van der Waals surface area contributed by atoms with Crippen LogP contribution >= 0.6 is 11.6 Å². The second kappa shape index (κ2) is 9.47. The lowest BCUT2D eigenvalue weighted by atomic mass is 9.95. The number of nitrogens with zero attached hydrogens (tertiary/aromatic N) is 2. The predicted molar refractivity (Wildman–Crippen MR) is 132 cm³/mol. The summed E-state index contributed by atoms with van der Waals surface area (Å²) in [7, 11) is 0. The molecule has 0 radical (unpaired) electrons. The van der Waals surface area contributed by atoms with E-state index in [0.29, 0.717) is 22.1 Å². The van der Waals surface area contributed by atoms with E-state index in [1.165, 1.54) is 24.8 Å². The molecular formula is C27H25ClFN3O2. The Morgan fingerprint density at radius 2 is 1.82 bits per heavy atom. The van der Waals surface area contributed by atoms with Gasteiger partial charge in [0, 0.05) is 22.2 Å². The number of furan rings is 1. The van der Waals surface area contributed by atoms with E-state index in [-0.39, 0.29) is 23.5 Å². The van der Waals surface area contributed by atoms with Gasteiger partial charge in [-0.3, -0.25) is 4.79 Å². The number of imidazole rings is 1. The Morgan fingerprint density at radius 3 is 2.50 bits per heavy atom. The highest BCUT2D eigenvalue weighted by molar-refractivity contribution is 6.31. The molecule has 1 saturated carbocycles. The van der Waals surface area contributed by atoms with Crippen molar-refractivity contribution in [2.75, 3.05) is 5.32 Å². The molecule has 0 spiro atoms. The van der Waals surface area contributed by atoms with Crippen LogP contribution in [0, 0.1) is 12.7 Å². The Morgan fingerprint density at radius 1 is 1.09 bits per heavy atom. The van der Waals surface area contributed by atoms with Crippen molar-refractivity contribution in [2.45, 2.75) is 45.1 Å². The van der Waals surface area contributed by atoms with Gasteiger partial charge < -0.3 is 14.3 Å². The van der Waals surface area contributed by atoms with Gasteiger partial charge in [0.05, 0.1) is 6.26 Å². The number of halogens is 2. The number of rotatable bonds is 5. The van der Waals surface area contributed by atoms with Crippen molar-refractivity contribution in [1.82, 2.24) is 9.55 Å². The minimum absolute atomic E-state index is 0.164. The molecule has 4 aromatic rings. The van der Waals surface area contributed by atoms with Gasteiger partial charge in [-0.1, -0.05) is 43.0 Å². The molecule has 2 heterocycles. The van der Waals surface area contributed by atoms with E-state index in [4.69, 9.17) is 21.0 Å². The van der Waals surface area contributed by atoms with Crippen LogP contribution in [0.5, 0.6) is 0 Å². The molecule has 2 aromatic heterocycles. The third-order valence-corrected chi connectivity index (χ3v) is 6.78. The Balaban J connectivity index is 1.72. The first-order chi connectivity index (χ1) is 16.5. The van der Waals surface area contributed by atoms with Crippen LogP contribution in [0.3, 0.4) is 0 Å². The van der Waals surface area contributed by atoms with E-state index < -0.39 is 0 Å². The predicted octanol–water partition coefficient (Wildman–Crippen LogP) is 7.67. The van der Waals surface area contributed by atoms with Crippen LogP contribution in [0.25, 0.3) is 22.6 Å². The quantitative estimate of drug-likeness (QED) is 0.321. The zero-order valence-electron chi connectivity index (χ0n) is 18.9. The van der Waals surface area contributed by atoms with Gasteiger partial charge >= 0.3 is 0 Å². The standard InChI is InChI=1S/C27H25ClFN3O2/c1-17-9-10-19(16-22(17)28)25-30-24(18-11-13-20(29)14-12-18)26(31-27(33)23-8-5-15-34-23)32(25)21-6-3-2-4-7-21/h5,8-16,21H,2-4,6-7H2,1H3,(H,31,33). The lowest BCUT2D eigenvalue weighted by Gasteiger charge is -2.27. The van der Waals surface area contributed by atoms with Crippen LogP contribution in [0.15, 0.2) is 65.3 Å². The third-order valence-electron chi connectivity index (χ3n) is 6.38. The van der Waals surface area contributed by atoms with Crippen molar-refractivity contribution in [3.63, 3.8) is 0 Å². The molecule has 7 heteroatoms. The highest BCUT2D eigenvalue weighted by Gasteiger charge is 2.28. The molecule has 1 fully saturated rings. The number of nitrogens with one attached hydrogen (secondary N) is 1. The second-order valence-corrected chi connectivity index (χ2v) is 9.10. The van der Waals surface area contributed by atoms with Crippen LogP contribution in [0.4, 0.5) is 10.2 Å². The molecular weight excluding hydrogens is 453 g/mol. The Kier molecular flexibility index (Phi) is 6.24. The zero-order valence-corrected chi connectivity index (χ0v) is 19.6. The maximum atomic E-state index is 13.7. The molecule has 0 unspecified atom stereocenters. The molecule has 0 atom stereocenters. The molecule has 1 aliphatic carbocycles. The highest BCUT2D eigenvalue weighted by atomic mass is 35.5. The van der Waals surface area contributed by atoms with Crippen LogP contribution in [0.2, 0.25) is 5.02 Å². The topological polar surface area (TPSA) is 60.1 Å². The van der Waals surface area contributed by atoms with Crippen molar-refractivity contribution >= 4 is 23.3 Å². The van der Waals surface area contributed by atoms with Gasteiger partial charge in [-0.15, -0.1) is 0 Å². The summed E-state index contributed by atoms with van der Waals surface area (Å²) in [6, 6.07) is 15.5. The Labute approximate surface area is 202 Å². The molecule has 1 amide bonds. The molecule has 174 valence electrons. The van der Waals surface area contributed by atoms with E-state index in [0.717, 1.165) is 42.6 Å². The first-order valence-corrected chi connectivity index (χ1v) is 11.9. The number of hydrogen-bond donors (Lipinski definition) is 1. The summed E-state index contributed by atoms with van der Waals surface area (Å²) >= 11 is 6.47. The molecule has 0 saturated heterocycles. The van der Waals surface area contributed by atoms with Gasteiger partial charge in [-0.2, -0.15) is 0 Å². The summed E-state index contributed by atoms with van der Waals surface area (Å²) < 4.78 is 21.1. The number of hydrogen-bond acceptors (Lipinski definition) is 3. The minimum atomic E-state index is -0.362. The van der Waals surface area contributed by atoms with Crippen LogP contribution < -0.4 is 5.32 Å². The van der Waals surface area contributed by atoms with Gasteiger partial charge in [0.25, 0.3) is 5.91 Å². The number of carbonyl (C=O) groups is 1. The van der Waals surface area contributed by atoms with Gasteiger partial charge in [-0.25, -0.2) is 9.37 Å². The lowest BCUT2D eigenvalue weighted by Crippen LogP contribution is -2.20.